The van der Waals surface area contributed by atoms with Gasteiger partial charge >= 0.3 is 0 Å². The summed E-state index contributed by atoms with van der Waals surface area (Å²) in [7, 11) is 0. The molecule has 2 unspecified atom stereocenters. The molecule has 2 heteroatoms. The first-order valence-electron chi connectivity index (χ1n) is 5.00. The fourth-order valence-corrected chi connectivity index (χ4v) is 3.24. The molecule has 1 fully saturated rings. The van der Waals surface area contributed by atoms with Crippen molar-refractivity contribution in [1.29, 1.82) is 0 Å². The number of rotatable bonds is 1. The van der Waals surface area contributed by atoms with E-state index in [9.17, 15) is 4.39 Å². The van der Waals surface area contributed by atoms with Crippen LogP contribution in [0.5, 0.6) is 0 Å². The lowest BCUT2D eigenvalue weighted by Crippen LogP contribution is -2.17. The van der Waals surface area contributed by atoms with Crippen molar-refractivity contribution in [3.8, 4) is 0 Å². The Hall–Kier alpha value is -0.370. The fraction of sp³-hybridized carbons (Fsp3) is 0.500. The van der Waals surface area contributed by atoms with Gasteiger partial charge in [-0.3, -0.25) is 0 Å². The van der Waals surface area contributed by atoms with Gasteiger partial charge in [0.15, 0.2) is 0 Å². The van der Waals surface area contributed by atoms with Crippen LogP contribution in [0.4, 0.5) is 4.39 Å². The summed E-state index contributed by atoms with van der Waals surface area (Å²) in [5, 5.41) is 0. The van der Waals surface area contributed by atoms with Crippen LogP contribution in [-0.2, 0) is 5.41 Å². The molecule has 0 heterocycles. The van der Waals surface area contributed by atoms with E-state index >= 15 is 0 Å². The van der Waals surface area contributed by atoms with Crippen LogP contribution in [0, 0.1) is 5.82 Å². The van der Waals surface area contributed by atoms with Gasteiger partial charge in [-0.05, 0) is 42.4 Å². The summed E-state index contributed by atoms with van der Waals surface area (Å²) >= 11 is 3.64. The molecule has 0 aliphatic heterocycles. The molecule has 1 aromatic rings. The number of benzene rings is 1. The average Bonchev–Trinajstić information content (AvgIpc) is 2.48. The van der Waals surface area contributed by atoms with Gasteiger partial charge in [0.25, 0.3) is 0 Å². The van der Waals surface area contributed by atoms with E-state index < -0.39 is 0 Å². The number of alkyl halides is 1. The minimum Gasteiger partial charge on any atom is -0.207 e. The van der Waals surface area contributed by atoms with Gasteiger partial charge in [-0.15, -0.1) is 0 Å². The summed E-state index contributed by atoms with van der Waals surface area (Å²) in [6.07, 6.45) is 3.44. The van der Waals surface area contributed by atoms with E-state index in [0.717, 1.165) is 18.4 Å². The molecule has 1 aliphatic carbocycles. The molecular weight excluding hydrogens is 243 g/mol. The van der Waals surface area contributed by atoms with E-state index in [0.29, 0.717) is 4.83 Å². The van der Waals surface area contributed by atoms with Gasteiger partial charge in [0.05, 0.1) is 0 Å². The van der Waals surface area contributed by atoms with Crippen LogP contribution in [0.3, 0.4) is 0 Å². The highest BCUT2D eigenvalue weighted by Crippen LogP contribution is 2.43. The Kier molecular flexibility index (Phi) is 2.65. The lowest BCUT2D eigenvalue weighted by atomic mass is 9.81. The third-order valence-corrected chi connectivity index (χ3v) is 3.98. The molecule has 0 N–H and O–H groups in total. The Morgan fingerprint density at radius 2 is 2.29 bits per heavy atom. The summed E-state index contributed by atoms with van der Waals surface area (Å²) < 4.78 is 13.1. The highest BCUT2D eigenvalue weighted by atomic mass is 79.9. The van der Waals surface area contributed by atoms with Crippen LogP contribution in [0.2, 0.25) is 0 Å². The van der Waals surface area contributed by atoms with Crippen molar-refractivity contribution in [2.45, 2.75) is 36.4 Å². The highest BCUT2D eigenvalue weighted by Gasteiger charge is 2.35. The normalized spacial score (nSPS) is 32.1. The Bertz CT molecular complexity index is 337. The quantitative estimate of drug-likeness (QED) is 0.666. The molecular formula is C12H14BrF. The molecule has 0 amide bonds. The average molecular weight is 257 g/mol. The van der Waals surface area contributed by atoms with Crippen molar-refractivity contribution >= 4 is 15.9 Å². The van der Waals surface area contributed by atoms with Gasteiger partial charge in [-0.2, -0.15) is 0 Å². The first-order chi connectivity index (χ1) is 6.60. The number of hydrogen-bond donors (Lipinski definition) is 0. The molecule has 0 radical (unpaired) electrons. The zero-order valence-corrected chi connectivity index (χ0v) is 9.85. The second kappa shape index (κ2) is 3.65. The van der Waals surface area contributed by atoms with E-state index in [2.05, 4.69) is 22.9 Å². The molecule has 0 nitrogen and oxygen atoms in total. The van der Waals surface area contributed by atoms with Crippen LogP contribution >= 0.6 is 15.9 Å². The van der Waals surface area contributed by atoms with Crippen molar-refractivity contribution in [2.24, 2.45) is 0 Å². The maximum atomic E-state index is 13.1. The van der Waals surface area contributed by atoms with Crippen LogP contribution in [0.15, 0.2) is 24.3 Å². The van der Waals surface area contributed by atoms with Crippen molar-refractivity contribution in [2.75, 3.05) is 0 Å². The molecule has 0 spiro atoms. The van der Waals surface area contributed by atoms with E-state index in [1.54, 1.807) is 12.1 Å². The van der Waals surface area contributed by atoms with Gasteiger partial charge in [0.2, 0.25) is 0 Å². The topological polar surface area (TPSA) is 0 Å². The van der Waals surface area contributed by atoms with Crippen LogP contribution < -0.4 is 0 Å². The molecule has 2 rings (SSSR count). The first-order valence-corrected chi connectivity index (χ1v) is 5.92. The van der Waals surface area contributed by atoms with Crippen LogP contribution in [0.25, 0.3) is 0 Å². The largest absolute Gasteiger partial charge is 0.207 e. The second-order valence-corrected chi connectivity index (χ2v) is 5.71. The standard InChI is InChI=1S/C12H14BrF/c1-12(6-5-10(13)8-12)9-3-2-4-11(14)7-9/h2-4,7,10H,5-6,8H2,1H3. The maximum absolute atomic E-state index is 13.1. The number of hydrogen-bond acceptors (Lipinski definition) is 0. The lowest BCUT2D eigenvalue weighted by Gasteiger charge is -2.24. The summed E-state index contributed by atoms with van der Waals surface area (Å²) in [6, 6.07) is 7.02. The first kappa shape index (κ1) is 10.2. The Morgan fingerprint density at radius 1 is 1.50 bits per heavy atom. The van der Waals surface area contributed by atoms with E-state index in [1.807, 2.05) is 6.07 Å². The summed E-state index contributed by atoms with van der Waals surface area (Å²) in [5.41, 5.74) is 1.30. The highest BCUT2D eigenvalue weighted by molar-refractivity contribution is 9.09. The van der Waals surface area contributed by atoms with Crippen molar-refractivity contribution in [1.82, 2.24) is 0 Å². The zero-order chi connectivity index (χ0) is 10.2. The van der Waals surface area contributed by atoms with E-state index in [-0.39, 0.29) is 11.2 Å². The molecule has 1 aliphatic rings. The molecule has 1 aromatic carbocycles. The summed E-state index contributed by atoms with van der Waals surface area (Å²) in [4.78, 5) is 0.593. The van der Waals surface area contributed by atoms with Crippen molar-refractivity contribution < 1.29 is 4.39 Å². The third kappa shape index (κ3) is 1.85. The molecule has 1 saturated carbocycles. The second-order valence-electron chi connectivity index (χ2n) is 4.41. The van der Waals surface area contributed by atoms with Crippen LogP contribution in [-0.4, -0.2) is 4.83 Å². The molecule has 0 bridgehead atoms. The molecule has 0 aromatic heterocycles. The summed E-state index contributed by atoms with van der Waals surface area (Å²) in [5.74, 6) is -0.123. The maximum Gasteiger partial charge on any atom is 0.123 e. The zero-order valence-electron chi connectivity index (χ0n) is 8.26. The Balaban J connectivity index is 2.30. The molecule has 76 valence electrons. The molecule has 2 atom stereocenters. The SMILES string of the molecule is CC1(c2cccc(F)c2)CCC(Br)C1. The monoisotopic (exact) mass is 256 g/mol. The lowest BCUT2D eigenvalue weighted by molar-refractivity contribution is 0.488. The Labute approximate surface area is 92.6 Å². The predicted molar refractivity (Wildman–Crippen MR) is 60.3 cm³/mol. The van der Waals surface area contributed by atoms with E-state index in [1.165, 1.54) is 12.5 Å². The fourth-order valence-electron chi connectivity index (χ4n) is 2.29. The van der Waals surface area contributed by atoms with Gasteiger partial charge in [0, 0.05) is 4.83 Å². The third-order valence-electron chi connectivity index (χ3n) is 3.20. The predicted octanol–water partition coefficient (Wildman–Crippen LogP) is 4.03. The minimum absolute atomic E-state index is 0.123. The van der Waals surface area contributed by atoms with Gasteiger partial charge in [0.1, 0.15) is 5.82 Å². The smallest absolute Gasteiger partial charge is 0.123 e. The molecule has 14 heavy (non-hydrogen) atoms. The van der Waals surface area contributed by atoms with Crippen LogP contribution in [0.1, 0.15) is 31.7 Å². The van der Waals surface area contributed by atoms with Gasteiger partial charge < -0.3 is 0 Å². The summed E-state index contributed by atoms with van der Waals surface area (Å²) in [6.45, 7) is 2.23. The van der Waals surface area contributed by atoms with Gasteiger partial charge in [-0.25, -0.2) is 4.39 Å². The number of halogens is 2. The van der Waals surface area contributed by atoms with Crippen molar-refractivity contribution in [3.05, 3.63) is 35.6 Å². The van der Waals surface area contributed by atoms with Crippen molar-refractivity contribution in [3.63, 3.8) is 0 Å². The molecule has 0 saturated heterocycles. The van der Waals surface area contributed by atoms with Gasteiger partial charge in [-0.1, -0.05) is 35.0 Å². The van der Waals surface area contributed by atoms with E-state index in [4.69, 9.17) is 0 Å². The minimum atomic E-state index is -0.123. The Morgan fingerprint density at radius 3 is 2.86 bits per heavy atom.